The van der Waals surface area contributed by atoms with E-state index in [2.05, 4.69) is 43.1 Å². The predicted octanol–water partition coefficient (Wildman–Crippen LogP) is 4.91. The maximum atomic E-state index is 12.3. The van der Waals surface area contributed by atoms with Gasteiger partial charge in [-0.3, -0.25) is 9.78 Å². The molecule has 0 aliphatic rings. The highest BCUT2D eigenvalue weighted by molar-refractivity contribution is 5.81. The van der Waals surface area contributed by atoms with Crippen molar-refractivity contribution in [3.05, 3.63) is 59.4 Å². The molecule has 128 valence electrons. The quantitative estimate of drug-likeness (QED) is 0.692. The SMILES string of the molecule is CCOc1ccc([C@@H](C)CC(=O)Cc2ccc(C(C)C)cc2)nc1. The van der Waals surface area contributed by atoms with Gasteiger partial charge in [-0.25, -0.2) is 0 Å². The molecule has 1 aromatic heterocycles. The topological polar surface area (TPSA) is 39.2 Å². The van der Waals surface area contributed by atoms with E-state index in [0.29, 0.717) is 25.4 Å². The van der Waals surface area contributed by atoms with Gasteiger partial charge in [-0.05, 0) is 36.1 Å². The molecular weight excluding hydrogens is 298 g/mol. The van der Waals surface area contributed by atoms with Crippen LogP contribution in [0.25, 0.3) is 0 Å². The van der Waals surface area contributed by atoms with Crippen molar-refractivity contribution in [1.29, 1.82) is 0 Å². The first-order valence-electron chi connectivity index (χ1n) is 8.68. The predicted molar refractivity (Wildman–Crippen MR) is 97.7 cm³/mol. The largest absolute Gasteiger partial charge is 0.492 e. The fourth-order valence-corrected chi connectivity index (χ4v) is 2.70. The van der Waals surface area contributed by atoms with Gasteiger partial charge in [0.05, 0.1) is 12.8 Å². The molecule has 3 heteroatoms. The Morgan fingerprint density at radius 3 is 2.33 bits per heavy atom. The first-order valence-corrected chi connectivity index (χ1v) is 8.68. The molecule has 0 aliphatic heterocycles. The second-order valence-corrected chi connectivity index (χ2v) is 6.57. The summed E-state index contributed by atoms with van der Waals surface area (Å²) in [5, 5.41) is 0. The summed E-state index contributed by atoms with van der Waals surface area (Å²) in [5.41, 5.74) is 3.32. The van der Waals surface area contributed by atoms with Crippen LogP contribution in [0.3, 0.4) is 0 Å². The van der Waals surface area contributed by atoms with E-state index in [0.717, 1.165) is 17.0 Å². The third-order valence-corrected chi connectivity index (χ3v) is 4.16. The number of carbonyl (C=O) groups is 1. The lowest BCUT2D eigenvalue weighted by Crippen LogP contribution is -2.09. The number of benzene rings is 1. The fraction of sp³-hybridized carbons (Fsp3) is 0.429. The molecule has 0 radical (unpaired) electrons. The highest BCUT2D eigenvalue weighted by atomic mass is 16.5. The Bertz CT molecular complexity index is 645. The van der Waals surface area contributed by atoms with Crippen LogP contribution in [0.15, 0.2) is 42.6 Å². The maximum Gasteiger partial charge on any atom is 0.137 e. The fourth-order valence-electron chi connectivity index (χ4n) is 2.70. The van der Waals surface area contributed by atoms with Crippen LogP contribution >= 0.6 is 0 Å². The van der Waals surface area contributed by atoms with Crippen LogP contribution in [-0.2, 0) is 11.2 Å². The summed E-state index contributed by atoms with van der Waals surface area (Å²) in [6.45, 7) is 8.97. The Hall–Kier alpha value is -2.16. The molecule has 0 N–H and O–H groups in total. The molecule has 0 bridgehead atoms. The lowest BCUT2D eigenvalue weighted by molar-refractivity contribution is -0.118. The van der Waals surface area contributed by atoms with Crippen molar-refractivity contribution in [3.8, 4) is 5.75 Å². The summed E-state index contributed by atoms with van der Waals surface area (Å²) in [5.74, 6) is 1.64. The van der Waals surface area contributed by atoms with Crippen LogP contribution in [0.2, 0.25) is 0 Å². The van der Waals surface area contributed by atoms with Gasteiger partial charge in [0.15, 0.2) is 0 Å². The zero-order valence-corrected chi connectivity index (χ0v) is 15.1. The van der Waals surface area contributed by atoms with Crippen LogP contribution in [0.1, 0.15) is 62.8 Å². The second kappa shape index (κ2) is 8.62. The van der Waals surface area contributed by atoms with Gasteiger partial charge in [-0.1, -0.05) is 45.0 Å². The Morgan fingerprint density at radius 2 is 1.79 bits per heavy atom. The van der Waals surface area contributed by atoms with Crippen molar-refractivity contribution >= 4 is 5.78 Å². The Kier molecular flexibility index (Phi) is 6.53. The number of rotatable bonds is 8. The molecule has 1 atom stereocenters. The summed E-state index contributed by atoms with van der Waals surface area (Å²) >= 11 is 0. The van der Waals surface area contributed by atoms with Crippen LogP contribution in [0.4, 0.5) is 0 Å². The van der Waals surface area contributed by atoms with Crippen molar-refractivity contribution < 1.29 is 9.53 Å². The Balaban J connectivity index is 1.91. The van der Waals surface area contributed by atoms with E-state index in [1.165, 1.54) is 5.56 Å². The number of aromatic nitrogens is 1. The number of Topliss-reactive ketones (excluding diaryl/α,β-unsaturated/α-hetero) is 1. The number of hydrogen-bond acceptors (Lipinski definition) is 3. The van der Waals surface area contributed by atoms with Crippen LogP contribution in [-0.4, -0.2) is 17.4 Å². The Morgan fingerprint density at radius 1 is 1.08 bits per heavy atom. The molecule has 2 aromatic rings. The summed E-state index contributed by atoms with van der Waals surface area (Å²) < 4.78 is 5.40. The lowest BCUT2D eigenvalue weighted by Gasteiger charge is -2.11. The summed E-state index contributed by atoms with van der Waals surface area (Å²) in [7, 11) is 0. The summed E-state index contributed by atoms with van der Waals surface area (Å²) in [6.07, 6.45) is 2.72. The van der Waals surface area contributed by atoms with Gasteiger partial charge in [-0.2, -0.15) is 0 Å². The third kappa shape index (κ3) is 5.19. The van der Waals surface area contributed by atoms with Crippen molar-refractivity contribution in [3.63, 3.8) is 0 Å². The van der Waals surface area contributed by atoms with Gasteiger partial charge >= 0.3 is 0 Å². The van der Waals surface area contributed by atoms with E-state index < -0.39 is 0 Å². The standard InChI is InChI=1S/C21H27NO2/c1-5-24-20-10-11-21(22-14-20)16(4)12-19(23)13-17-6-8-18(9-7-17)15(2)3/h6-11,14-16H,5,12-13H2,1-4H3/t16-/m0/s1. The average molecular weight is 325 g/mol. The molecule has 24 heavy (non-hydrogen) atoms. The minimum Gasteiger partial charge on any atom is -0.492 e. The molecular formula is C21H27NO2. The normalized spacial score (nSPS) is 12.2. The zero-order chi connectivity index (χ0) is 17.5. The minimum absolute atomic E-state index is 0.114. The van der Waals surface area contributed by atoms with Gasteiger partial charge in [0.1, 0.15) is 11.5 Å². The molecule has 0 amide bonds. The monoisotopic (exact) mass is 325 g/mol. The number of ether oxygens (including phenoxy) is 1. The van der Waals surface area contributed by atoms with Gasteiger partial charge in [-0.15, -0.1) is 0 Å². The summed E-state index contributed by atoms with van der Waals surface area (Å²) in [6, 6.07) is 12.2. The first-order chi connectivity index (χ1) is 11.5. The lowest BCUT2D eigenvalue weighted by atomic mass is 9.95. The smallest absolute Gasteiger partial charge is 0.137 e. The van der Waals surface area contributed by atoms with Gasteiger partial charge in [0.25, 0.3) is 0 Å². The van der Waals surface area contributed by atoms with Crippen molar-refractivity contribution in [1.82, 2.24) is 4.98 Å². The van der Waals surface area contributed by atoms with Gasteiger partial charge < -0.3 is 4.74 Å². The molecule has 0 saturated heterocycles. The molecule has 0 spiro atoms. The second-order valence-electron chi connectivity index (χ2n) is 6.57. The number of pyridine rings is 1. The number of hydrogen-bond donors (Lipinski definition) is 0. The molecule has 3 nitrogen and oxygen atoms in total. The summed E-state index contributed by atoms with van der Waals surface area (Å²) in [4.78, 5) is 16.7. The van der Waals surface area contributed by atoms with Crippen LogP contribution in [0, 0.1) is 0 Å². The van der Waals surface area contributed by atoms with E-state index >= 15 is 0 Å². The van der Waals surface area contributed by atoms with Crippen LogP contribution in [0.5, 0.6) is 5.75 Å². The van der Waals surface area contributed by atoms with Crippen molar-refractivity contribution in [2.45, 2.75) is 52.4 Å². The highest BCUT2D eigenvalue weighted by Crippen LogP contribution is 2.21. The molecule has 0 aliphatic carbocycles. The molecule has 0 unspecified atom stereocenters. The molecule has 1 aromatic carbocycles. The molecule has 1 heterocycles. The van der Waals surface area contributed by atoms with Gasteiger partial charge in [0.2, 0.25) is 0 Å². The number of nitrogens with zero attached hydrogens (tertiary/aromatic N) is 1. The molecule has 0 saturated carbocycles. The van der Waals surface area contributed by atoms with E-state index in [1.807, 2.05) is 26.0 Å². The van der Waals surface area contributed by atoms with E-state index in [-0.39, 0.29) is 11.7 Å². The van der Waals surface area contributed by atoms with Crippen LogP contribution < -0.4 is 4.74 Å². The zero-order valence-electron chi connectivity index (χ0n) is 15.1. The first kappa shape index (κ1) is 18.2. The van der Waals surface area contributed by atoms with Crippen molar-refractivity contribution in [2.24, 2.45) is 0 Å². The molecule has 2 rings (SSSR count). The van der Waals surface area contributed by atoms with E-state index in [4.69, 9.17) is 4.74 Å². The highest BCUT2D eigenvalue weighted by Gasteiger charge is 2.13. The maximum absolute atomic E-state index is 12.3. The average Bonchev–Trinajstić information content (AvgIpc) is 2.56. The van der Waals surface area contributed by atoms with Gasteiger partial charge in [0, 0.05) is 24.5 Å². The third-order valence-electron chi connectivity index (χ3n) is 4.16. The van der Waals surface area contributed by atoms with E-state index in [1.54, 1.807) is 6.20 Å². The minimum atomic E-state index is 0.114. The molecule has 0 fully saturated rings. The number of carbonyl (C=O) groups excluding carboxylic acids is 1. The van der Waals surface area contributed by atoms with E-state index in [9.17, 15) is 4.79 Å². The number of ketones is 1. The Labute approximate surface area is 145 Å². The van der Waals surface area contributed by atoms with Crippen molar-refractivity contribution in [2.75, 3.05) is 6.61 Å².